The van der Waals surface area contributed by atoms with Gasteiger partial charge < -0.3 is 14.0 Å². The lowest BCUT2D eigenvalue weighted by Gasteiger charge is -2.17. The SMILES string of the molecule is CCOCc1cnc2c(ccn2Cc2cc(Br)ccc2OCC(CC)CC)c1. The summed E-state index contributed by atoms with van der Waals surface area (Å²) in [5, 5.41) is 1.13. The van der Waals surface area contributed by atoms with E-state index in [2.05, 4.69) is 69.8 Å². The topological polar surface area (TPSA) is 36.3 Å². The molecule has 150 valence electrons. The minimum absolute atomic E-state index is 0.592. The first kappa shape index (κ1) is 20.9. The first-order valence-electron chi connectivity index (χ1n) is 10.1. The van der Waals surface area contributed by atoms with E-state index in [1.807, 2.05) is 19.2 Å². The lowest BCUT2D eigenvalue weighted by molar-refractivity contribution is 0.134. The van der Waals surface area contributed by atoms with E-state index in [1.165, 1.54) is 0 Å². The minimum Gasteiger partial charge on any atom is -0.493 e. The Labute approximate surface area is 176 Å². The number of hydrogen-bond acceptors (Lipinski definition) is 3. The average Bonchev–Trinajstić information content (AvgIpc) is 3.10. The molecule has 3 rings (SSSR count). The van der Waals surface area contributed by atoms with Crippen LogP contribution in [0.3, 0.4) is 0 Å². The second-order valence-electron chi connectivity index (χ2n) is 7.08. The number of nitrogens with zero attached hydrogens (tertiary/aromatic N) is 2. The van der Waals surface area contributed by atoms with Gasteiger partial charge in [-0.25, -0.2) is 4.98 Å². The summed E-state index contributed by atoms with van der Waals surface area (Å²) in [5.74, 6) is 1.54. The van der Waals surface area contributed by atoms with Gasteiger partial charge >= 0.3 is 0 Å². The predicted molar refractivity (Wildman–Crippen MR) is 118 cm³/mol. The quantitative estimate of drug-likeness (QED) is 0.373. The van der Waals surface area contributed by atoms with Gasteiger partial charge in [0, 0.05) is 34.4 Å². The van der Waals surface area contributed by atoms with Crippen molar-refractivity contribution in [1.82, 2.24) is 9.55 Å². The number of ether oxygens (including phenoxy) is 2. The molecule has 0 atom stereocenters. The summed E-state index contributed by atoms with van der Waals surface area (Å²) < 4.78 is 14.9. The van der Waals surface area contributed by atoms with Gasteiger partial charge in [-0.05, 0) is 48.7 Å². The Morgan fingerprint density at radius 1 is 1.11 bits per heavy atom. The van der Waals surface area contributed by atoms with Crippen LogP contribution in [0.1, 0.15) is 44.7 Å². The van der Waals surface area contributed by atoms with E-state index >= 15 is 0 Å². The van der Waals surface area contributed by atoms with Crippen molar-refractivity contribution in [1.29, 1.82) is 0 Å². The van der Waals surface area contributed by atoms with E-state index in [0.29, 0.717) is 19.1 Å². The van der Waals surface area contributed by atoms with Gasteiger partial charge in [-0.2, -0.15) is 0 Å². The molecule has 0 aliphatic rings. The van der Waals surface area contributed by atoms with Crippen molar-refractivity contribution in [3.8, 4) is 5.75 Å². The molecule has 0 spiro atoms. The molecule has 0 bridgehead atoms. The van der Waals surface area contributed by atoms with Gasteiger partial charge in [0.2, 0.25) is 0 Å². The fourth-order valence-electron chi connectivity index (χ4n) is 3.28. The van der Waals surface area contributed by atoms with Crippen LogP contribution >= 0.6 is 15.9 Å². The van der Waals surface area contributed by atoms with Gasteiger partial charge in [-0.1, -0.05) is 42.6 Å². The monoisotopic (exact) mass is 444 g/mol. The van der Waals surface area contributed by atoms with Crippen molar-refractivity contribution in [2.75, 3.05) is 13.2 Å². The maximum absolute atomic E-state index is 6.19. The van der Waals surface area contributed by atoms with Gasteiger partial charge in [-0.15, -0.1) is 0 Å². The third-order valence-electron chi connectivity index (χ3n) is 5.12. The van der Waals surface area contributed by atoms with Gasteiger partial charge in [0.05, 0.1) is 19.8 Å². The summed E-state index contributed by atoms with van der Waals surface area (Å²) in [5.41, 5.74) is 3.23. The third kappa shape index (κ3) is 5.15. The summed E-state index contributed by atoms with van der Waals surface area (Å²) in [6.45, 7) is 9.23. The zero-order valence-corrected chi connectivity index (χ0v) is 18.5. The number of rotatable bonds is 10. The number of pyridine rings is 1. The first-order chi connectivity index (χ1) is 13.6. The molecule has 0 radical (unpaired) electrons. The second kappa shape index (κ2) is 10.1. The van der Waals surface area contributed by atoms with Crippen LogP contribution < -0.4 is 4.74 Å². The molecule has 2 aromatic heterocycles. The number of aromatic nitrogens is 2. The molecule has 0 aliphatic carbocycles. The van der Waals surface area contributed by atoms with Gasteiger partial charge in [-0.3, -0.25) is 0 Å². The molecule has 0 N–H and O–H groups in total. The van der Waals surface area contributed by atoms with Crippen LogP contribution in [0.4, 0.5) is 0 Å². The highest BCUT2D eigenvalue weighted by molar-refractivity contribution is 9.10. The lowest BCUT2D eigenvalue weighted by Crippen LogP contribution is -2.12. The highest BCUT2D eigenvalue weighted by atomic mass is 79.9. The van der Waals surface area contributed by atoms with Gasteiger partial charge in [0.1, 0.15) is 11.4 Å². The van der Waals surface area contributed by atoms with E-state index in [0.717, 1.165) is 58.4 Å². The van der Waals surface area contributed by atoms with Gasteiger partial charge in [0.15, 0.2) is 0 Å². The molecule has 4 nitrogen and oxygen atoms in total. The number of hydrogen-bond donors (Lipinski definition) is 0. The predicted octanol–water partition coefficient (Wildman–Crippen LogP) is 6.20. The maximum atomic E-state index is 6.19. The molecule has 2 heterocycles. The Hall–Kier alpha value is -1.85. The Morgan fingerprint density at radius 3 is 2.68 bits per heavy atom. The average molecular weight is 445 g/mol. The molecule has 0 saturated carbocycles. The summed E-state index contributed by atoms with van der Waals surface area (Å²) in [6.07, 6.45) is 6.27. The van der Waals surface area contributed by atoms with Crippen molar-refractivity contribution in [3.63, 3.8) is 0 Å². The maximum Gasteiger partial charge on any atom is 0.140 e. The van der Waals surface area contributed by atoms with Crippen molar-refractivity contribution in [3.05, 3.63) is 58.3 Å². The highest BCUT2D eigenvalue weighted by Crippen LogP contribution is 2.27. The molecule has 0 unspecified atom stereocenters. The second-order valence-corrected chi connectivity index (χ2v) is 8.00. The van der Waals surface area contributed by atoms with Crippen LogP contribution in [-0.4, -0.2) is 22.8 Å². The number of fused-ring (bicyclic) bond motifs is 1. The summed E-state index contributed by atoms with van der Waals surface area (Å²) in [4.78, 5) is 4.67. The fraction of sp³-hybridized carbons (Fsp3) is 0.435. The molecule has 0 fully saturated rings. The van der Waals surface area contributed by atoms with Crippen LogP contribution in [0.15, 0.2) is 47.2 Å². The van der Waals surface area contributed by atoms with E-state index in [4.69, 9.17) is 9.47 Å². The zero-order valence-electron chi connectivity index (χ0n) is 17.0. The Kier molecular flexibility index (Phi) is 7.51. The van der Waals surface area contributed by atoms with E-state index in [9.17, 15) is 0 Å². The fourth-order valence-corrected chi connectivity index (χ4v) is 3.69. The molecule has 0 amide bonds. The van der Waals surface area contributed by atoms with E-state index < -0.39 is 0 Å². The largest absolute Gasteiger partial charge is 0.493 e. The lowest BCUT2D eigenvalue weighted by atomic mass is 10.1. The summed E-state index contributed by atoms with van der Waals surface area (Å²) in [7, 11) is 0. The Bertz CT molecular complexity index is 903. The highest BCUT2D eigenvalue weighted by Gasteiger charge is 2.11. The normalized spacial score (nSPS) is 11.5. The molecule has 0 aliphatic heterocycles. The molecule has 0 saturated heterocycles. The summed E-state index contributed by atoms with van der Waals surface area (Å²) in [6, 6.07) is 10.5. The summed E-state index contributed by atoms with van der Waals surface area (Å²) >= 11 is 3.60. The first-order valence-corrected chi connectivity index (χ1v) is 10.9. The standard InChI is InChI=1S/C23H29BrN2O2/c1-4-17(5-2)16-28-22-8-7-21(24)12-20(22)14-26-10-9-19-11-18(15-27-6-3)13-25-23(19)26/h7-13,17H,4-6,14-16H2,1-3H3. The van der Waals surface area contributed by atoms with Crippen molar-refractivity contribution in [2.24, 2.45) is 5.92 Å². The van der Waals surface area contributed by atoms with Crippen LogP contribution in [0.5, 0.6) is 5.75 Å². The smallest absolute Gasteiger partial charge is 0.140 e. The van der Waals surface area contributed by atoms with Gasteiger partial charge in [0.25, 0.3) is 0 Å². The number of halogens is 1. The third-order valence-corrected chi connectivity index (χ3v) is 5.62. The van der Waals surface area contributed by atoms with Crippen LogP contribution in [0, 0.1) is 5.92 Å². The van der Waals surface area contributed by atoms with Crippen LogP contribution in [-0.2, 0) is 17.9 Å². The van der Waals surface area contributed by atoms with Crippen molar-refractivity contribution in [2.45, 2.75) is 46.8 Å². The van der Waals surface area contributed by atoms with Crippen molar-refractivity contribution < 1.29 is 9.47 Å². The minimum atomic E-state index is 0.592. The molecule has 28 heavy (non-hydrogen) atoms. The van der Waals surface area contributed by atoms with Crippen molar-refractivity contribution >= 4 is 27.0 Å². The Morgan fingerprint density at radius 2 is 1.93 bits per heavy atom. The molecule has 5 heteroatoms. The zero-order chi connectivity index (χ0) is 19.9. The van der Waals surface area contributed by atoms with Crippen LogP contribution in [0.25, 0.3) is 11.0 Å². The van der Waals surface area contributed by atoms with Crippen LogP contribution in [0.2, 0.25) is 0 Å². The Balaban J connectivity index is 1.81. The molecular formula is C23H29BrN2O2. The molecule has 3 aromatic rings. The van der Waals surface area contributed by atoms with E-state index in [1.54, 1.807) is 0 Å². The molecule has 1 aromatic carbocycles. The van der Waals surface area contributed by atoms with E-state index in [-0.39, 0.29) is 0 Å². The molecular weight excluding hydrogens is 416 g/mol. The number of benzene rings is 1.